The number of hydrogen-bond donors (Lipinski definition) is 1. The molecule has 0 spiro atoms. The third-order valence-electron chi connectivity index (χ3n) is 11.1. The summed E-state index contributed by atoms with van der Waals surface area (Å²) in [5, 5.41) is 1.04. The predicted octanol–water partition coefficient (Wildman–Crippen LogP) is 6.95. The Morgan fingerprint density at radius 2 is 1.96 bits per heavy atom. The number of nitrogens with one attached hydrogen (secondary N) is 1. The number of thiazole rings is 1. The lowest BCUT2D eigenvalue weighted by Gasteiger charge is -2.29. The number of carbonyl (C=O) groups excluding carboxylic acids is 3. The SMILES string of the molecule is Cc1cccc(C[C@H]2CCCCC/C=C\[C@H]3C[C@@]3(C(=O)NS(=O)(=O)C3(C)CC3)CC(=O)[C@@H]3C[C@@H](Oc4nc5ccc(Cl)cc5s4)CN3C2=O)c1. The molecule has 5 atom stereocenters. The van der Waals surface area contributed by atoms with Crippen molar-refractivity contribution in [3.05, 3.63) is 70.8 Å². The third-order valence-corrected chi connectivity index (χ3v) is 14.4. The van der Waals surface area contributed by atoms with Crippen LogP contribution in [0, 0.1) is 24.2 Å². The normalized spacial score (nSPS) is 29.0. The number of aryl methyl sites for hydroxylation is 1. The second-order valence-electron chi connectivity index (χ2n) is 15.0. The molecule has 4 aliphatic rings. The van der Waals surface area contributed by atoms with Crippen LogP contribution in [-0.2, 0) is 30.8 Å². The Bertz CT molecular complexity index is 1960. The highest BCUT2D eigenvalue weighted by Crippen LogP contribution is 2.57. The first-order valence-electron chi connectivity index (χ1n) is 17.7. The molecule has 7 rings (SSSR count). The molecule has 3 heterocycles. The molecule has 1 aromatic heterocycles. The molecule has 1 saturated heterocycles. The molecule has 0 bridgehead atoms. The molecule has 3 aromatic rings. The van der Waals surface area contributed by atoms with Gasteiger partial charge in [0.15, 0.2) is 5.78 Å². The van der Waals surface area contributed by atoms with Crippen molar-refractivity contribution < 1.29 is 27.5 Å². The number of sulfonamides is 1. The number of halogens is 1. The summed E-state index contributed by atoms with van der Waals surface area (Å²) in [5.41, 5.74) is 1.78. The van der Waals surface area contributed by atoms with Crippen molar-refractivity contribution in [3.63, 3.8) is 0 Å². The first kappa shape index (κ1) is 35.1. The van der Waals surface area contributed by atoms with Crippen LogP contribution in [0.25, 0.3) is 10.2 Å². The van der Waals surface area contributed by atoms with Crippen molar-refractivity contribution in [1.82, 2.24) is 14.6 Å². The van der Waals surface area contributed by atoms with Gasteiger partial charge in [0.2, 0.25) is 21.8 Å². The summed E-state index contributed by atoms with van der Waals surface area (Å²) in [4.78, 5) is 49.2. The molecular weight excluding hydrogens is 694 g/mol. The number of ether oxygens (including phenoxy) is 1. The molecule has 266 valence electrons. The minimum atomic E-state index is -3.89. The van der Waals surface area contributed by atoms with Gasteiger partial charge in [-0.1, -0.05) is 77.8 Å². The number of fused-ring (bicyclic) bond motifs is 3. The van der Waals surface area contributed by atoms with Gasteiger partial charge in [0.1, 0.15) is 6.10 Å². The fraction of sp³-hybridized carbons (Fsp3) is 0.526. The summed E-state index contributed by atoms with van der Waals surface area (Å²) in [5.74, 6) is -1.53. The maximum absolute atomic E-state index is 14.6. The van der Waals surface area contributed by atoms with Gasteiger partial charge in [-0.05, 0) is 88.5 Å². The molecule has 9 nitrogen and oxygen atoms in total. The highest BCUT2D eigenvalue weighted by Gasteiger charge is 2.62. The number of carbonyl (C=O) groups is 3. The summed E-state index contributed by atoms with van der Waals surface area (Å²) in [6, 6.07) is 12.8. The van der Waals surface area contributed by atoms with Gasteiger partial charge in [0.25, 0.3) is 5.19 Å². The van der Waals surface area contributed by atoms with E-state index in [1.807, 2.05) is 43.3 Å². The van der Waals surface area contributed by atoms with E-state index in [9.17, 15) is 22.8 Å². The van der Waals surface area contributed by atoms with E-state index in [4.69, 9.17) is 16.3 Å². The topological polar surface area (TPSA) is 123 Å². The van der Waals surface area contributed by atoms with Gasteiger partial charge in [-0.2, -0.15) is 0 Å². The van der Waals surface area contributed by atoms with Gasteiger partial charge >= 0.3 is 0 Å². The van der Waals surface area contributed by atoms with E-state index in [0.29, 0.717) is 42.3 Å². The minimum Gasteiger partial charge on any atom is -0.465 e. The van der Waals surface area contributed by atoms with Crippen LogP contribution in [0.15, 0.2) is 54.6 Å². The molecule has 1 N–H and O–H groups in total. The average molecular weight is 738 g/mol. The Balaban J connectivity index is 1.19. The van der Waals surface area contributed by atoms with Crippen molar-refractivity contribution >= 4 is 60.8 Å². The molecule has 50 heavy (non-hydrogen) atoms. The standard InChI is InChI=1S/C38H44ClN3O6S2/c1-24-9-8-10-25(17-24)18-26-11-6-4-3-5-7-12-27-21-38(27,35(45)41-50(46,47)37(2)15-16-37)22-32(43)31-20-29(23-42(31)34(26)44)48-36-40-30-14-13-28(39)19-33(30)49-36/h7-10,12-14,17,19,26-27,29,31H,3-6,11,15-16,18,20-23H2,1-2H3,(H,41,45)/b12-7-/t26-,27+,29-,31+,38-/m1/s1. The van der Waals surface area contributed by atoms with Crippen LogP contribution in [0.5, 0.6) is 5.19 Å². The van der Waals surface area contributed by atoms with E-state index in [1.54, 1.807) is 17.9 Å². The number of allylic oxidation sites excluding steroid dienone is 2. The highest BCUT2D eigenvalue weighted by atomic mass is 35.5. The van der Waals surface area contributed by atoms with E-state index < -0.39 is 38.2 Å². The smallest absolute Gasteiger partial charge is 0.274 e. The second kappa shape index (κ2) is 13.7. The van der Waals surface area contributed by atoms with E-state index in [-0.39, 0.29) is 42.9 Å². The van der Waals surface area contributed by atoms with E-state index in [1.165, 1.54) is 11.3 Å². The van der Waals surface area contributed by atoms with Gasteiger partial charge in [0, 0.05) is 23.8 Å². The van der Waals surface area contributed by atoms with Gasteiger partial charge < -0.3 is 9.64 Å². The molecule has 0 unspecified atom stereocenters. The van der Waals surface area contributed by atoms with E-state index >= 15 is 0 Å². The van der Waals surface area contributed by atoms with E-state index in [0.717, 1.165) is 47.0 Å². The lowest BCUT2D eigenvalue weighted by molar-refractivity contribution is -0.142. The molecule has 0 radical (unpaired) electrons. The third kappa shape index (κ3) is 7.23. The summed E-state index contributed by atoms with van der Waals surface area (Å²) < 4.78 is 34.9. The van der Waals surface area contributed by atoms with Crippen LogP contribution in [0.1, 0.15) is 82.3 Å². The summed E-state index contributed by atoms with van der Waals surface area (Å²) in [6.07, 6.45) is 9.90. The summed E-state index contributed by atoms with van der Waals surface area (Å²) >= 11 is 7.57. The van der Waals surface area contributed by atoms with Crippen molar-refractivity contribution in [1.29, 1.82) is 0 Å². The van der Waals surface area contributed by atoms with Crippen LogP contribution in [-0.4, -0.2) is 59.3 Å². The quantitative estimate of drug-likeness (QED) is 0.261. The van der Waals surface area contributed by atoms with Crippen LogP contribution < -0.4 is 9.46 Å². The number of benzene rings is 2. The molecule has 2 aliphatic carbocycles. The Kier molecular flexibility index (Phi) is 9.62. The van der Waals surface area contributed by atoms with Gasteiger partial charge in [-0.15, -0.1) is 0 Å². The zero-order chi connectivity index (χ0) is 35.3. The fourth-order valence-electron chi connectivity index (χ4n) is 7.61. The number of nitrogens with zero attached hydrogens (tertiary/aromatic N) is 2. The maximum Gasteiger partial charge on any atom is 0.274 e. The monoisotopic (exact) mass is 737 g/mol. The fourth-order valence-corrected chi connectivity index (χ4v) is 10.1. The van der Waals surface area contributed by atoms with Gasteiger partial charge in [0.05, 0.1) is 33.0 Å². The average Bonchev–Trinajstić information content (AvgIpc) is 3.88. The first-order valence-corrected chi connectivity index (χ1v) is 20.4. The van der Waals surface area contributed by atoms with Crippen LogP contribution in [0.4, 0.5) is 0 Å². The molecule has 2 amide bonds. The zero-order valence-electron chi connectivity index (χ0n) is 28.5. The number of ketones is 1. The maximum atomic E-state index is 14.6. The Hall–Kier alpha value is -3.28. The predicted molar refractivity (Wildman–Crippen MR) is 195 cm³/mol. The Labute approximate surface area is 302 Å². The lowest BCUT2D eigenvalue weighted by Crippen LogP contribution is -2.47. The zero-order valence-corrected chi connectivity index (χ0v) is 30.9. The number of hydrogen-bond acceptors (Lipinski definition) is 8. The first-order chi connectivity index (χ1) is 23.9. The number of amides is 2. The van der Waals surface area contributed by atoms with Crippen molar-refractivity contribution in [3.8, 4) is 5.19 Å². The van der Waals surface area contributed by atoms with Crippen LogP contribution in [0.3, 0.4) is 0 Å². The number of Topliss-reactive ketones (excluding diaryl/α,β-unsaturated/α-hetero) is 1. The largest absolute Gasteiger partial charge is 0.465 e. The summed E-state index contributed by atoms with van der Waals surface area (Å²) in [7, 11) is -3.89. The minimum absolute atomic E-state index is 0.0879. The van der Waals surface area contributed by atoms with Crippen molar-refractivity contribution in [2.75, 3.05) is 6.54 Å². The molecule has 2 aromatic carbocycles. The van der Waals surface area contributed by atoms with Gasteiger partial charge in [-0.3, -0.25) is 19.1 Å². The highest BCUT2D eigenvalue weighted by molar-refractivity contribution is 7.91. The lowest BCUT2D eigenvalue weighted by atomic mass is 9.89. The van der Waals surface area contributed by atoms with Crippen molar-refractivity contribution in [2.45, 2.75) is 101 Å². The van der Waals surface area contributed by atoms with Crippen LogP contribution >= 0.6 is 22.9 Å². The summed E-state index contributed by atoms with van der Waals surface area (Å²) in [6.45, 7) is 3.89. The molecule has 2 aliphatic heterocycles. The number of aromatic nitrogens is 1. The number of rotatable bonds is 7. The Morgan fingerprint density at radius 1 is 1.14 bits per heavy atom. The van der Waals surface area contributed by atoms with Gasteiger partial charge in [-0.25, -0.2) is 13.4 Å². The molecule has 2 saturated carbocycles. The molecular formula is C38H44ClN3O6S2. The van der Waals surface area contributed by atoms with E-state index in [2.05, 4.69) is 21.8 Å². The molecule has 3 fully saturated rings. The second-order valence-corrected chi connectivity index (χ2v) is 18.7. The Morgan fingerprint density at radius 3 is 2.74 bits per heavy atom. The molecule has 12 heteroatoms. The van der Waals surface area contributed by atoms with Crippen molar-refractivity contribution in [2.24, 2.45) is 17.3 Å². The van der Waals surface area contributed by atoms with Crippen LogP contribution in [0.2, 0.25) is 5.02 Å².